The lowest BCUT2D eigenvalue weighted by atomic mass is 10.1. The van der Waals surface area contributed by atoms with Gasteiger partial charge in [0, 0.05) is 30.0 Å². The highest BCUT2D eigenvalue weighted by molar-refractivity contribution is 7.97. The third-order valence-corrected chi connectivity index (χ3v) is 3.92. The van der Waals surface area contributed by atoms with E-state index in [1.165, 1.54) is 19.6 Å². The predicted octanol–water partition coefficient (Wildman–Crippen LogP) is 3.77. The molecule has 2 N–H and O–H groups in total. The van der Waals surface area contributed by atoms with Gasteiger partial charge < -0.3 is 15.4 Å². The van der Waals surface area contributed by atoms with E-state index in [-0.39, 0.29) is 11.8 Å². The highest BCUT2D eigenvalue weighted by atomic mass is 32.2. The maximum atomic E-state index is 12.3. The van der Waals surface area contributed by atoms with Crippen molar-refractivity contribution in [3.8, 4) is 5.75 Å². The second kappa shape index (κ2) is 8.40. The average Bonchev–Trinajstić information content (AvgIpc) is 2.56. The second-order valence-electron chi connectivity index (χ2n) is 5.18. The summed E-state index contributed by atoms with van der Waals surface area (Å²) in [4.78, 5) is 23.5. The summed E-state index contributed by atoms with van der Waals surface area (Å²) in [5.41, 5.74) is 2.92. The van der Waals surface area contributed by atoms with Crippen molar-refractivity contribution in [3.05, 3.63) is 53.6 Å². The SMILES string of the molecule is COc1cc(NC(=O)c2ccc(CSC)cc2)ccc1NC(C)=O. The van der Waals surface area contributed by atoms with Crippen LogP contribution in [0.15, 0.2) is 42.5 Å². The van der Waals surface area contributed by atoms with E-state index in [0.717, 1.165) is 5.75 Å². The van der Waals surface area contributed by atoms with Crippen LogP contribution in [0.25, 0.3) is 0 Å². The maximum Gasteiger partial charge on any atom is 0.255 e. The molecule has 0 aromatic heterocycles. The van der Waals surface area contributed by atoms with Gasteiger partial charge in [0.1, 0.15) is 5.75 Å². The van der Waals surface area contributed by atoms with Gasteiger partial charge in [-0.25, -0.2) is 0 Å². The Labute approximate surface area is 145 Å². The fourth-order valence-electron chi connectivity index (χ4n) is 2.18. The standard InChI is InChI=1S/C18H20N2O3S/c1-12(21)19-16-9-8-15(10-17(16)23-2)20-18(22)14-6-4-13(5-7-14)11-24-3/h4-10H,11H2,1-3H3,(H,19,21)(H,20,22). The van der Waals surface area contributed by atoms with E-state index in [0.29, 0.717) is 22.7 Å². The fourth-order valence-corrected chi connectivity index (χ4v) is 2.71. The first-order valence-corrected chi connectivity index (χ1v) is 8.77. The van der Waals surface area contributed by atoms with Gasteiger partial charge in [0.2, 0.25) is 5.91 Å². The second-order valence-corrected chi connectivity index (χ2v) is 6.05. The summed E-state index contributed by atoms with van der Waals surface area (Å²) in [5.74, 6) is 1.03. The number of anilines is 2. The number of amides is 2. The van der Waals surface area contributed by atoms with Crippen LogP contribution in [-0.2, 0) is 10.5 Å². The van der Waals surface area contributed by atoms with Crippen LogP contribution in [0.2, 0.25) is 0 Å². The number of benzene rings is 2. The van der Waals surface area contributed by atoms with Gasteiger partial charge in [0.15, 0.2) is 0 Å². The van der Waals surface area contributed by atoms with Gasteiger partial charge in [-0.05, 0) is 36.1 Å². The number of methoxy groups -OCH3 is 1. The molecule has 126 valence electrons. The molecule has 0 aliphatic rings. The maximum absolute atomic E-state index is 12.3. The Morgan fingerprint density at radius 3 is 2.38 bits per heavy atom. The van der Waals surface area contributed by atoms with Crippen molar-refractivity contribution in [2.45, 2.75) is 12.7 Å². The minimum absolute atomic E-state index is 0.185. The third-order valence-electron chi connectivity index (χ3n) is 3.30. The quantitative estimate of drug-likeness (QED) is 0.837. The zero-order chi connectivity index (χ0) is 17.5. The van der Waals surface area contributed by atoms with Gasteiger partial charge in [-0.3, -0.25) is 9.59 Å². The number of ether oxygens (including phenoxy) is 1. The summed E-state index contributed by atoms with van der Waals surface area (Å²) >= 11 is 1.74. The van der Waals surface area contributed by atoms with Gasteiger partial charge in [-0.15, -0.1) is 0 Å². The normalized spacial score (nSPS) is 10.1. The molecule has 0 atom stereocenters. The molecule has 0 unspecified atom stereocenters. The molecule has 0 aliphatic carbocycles. The first-order valence-electron chi connectivity index (χ1n) is 7.38. The molecule has 24 heavy (non-hydrogen) atoms. The van der Waals surface area contributed by atoms with Gasteiger partial charge >= 0.3 is 0 Å². The molecule has 0 spiro atoms. The summed E-state index contributed by atoms with van der Waals surface area (Å²) in [6.07, 6.45) is 2.04. The fraction of sp³-hybridized carbons (Fsp3) is 0.222. The molecule has 0 bridgehead atoms. The first-order chi connectivity index (χ1) is 11.5. The van der Waals surface area contributed by atoms with E-state index in [1.54, 1.807) is 30.0 Å². The van der Waals surface area contributed by atoms with Crippen LogP contribution < -0.4 is 15.4 Å². The van der Waals surface area contributed by atoms with Crippen molar-refractivity contribution in [2.75, 3.05) is 24.0 Å². The topological polar surface area (TPSA) is 67.4 Å². The highest BCUT2D eigenvalue weighted by Gasteiger charge is 2.10. The summed E-state index contributed by atoms with van der Waals surface area (Å²) in [6, 6.07) is 12.6. The molecular weight excluding hydrogens is 324 g/mol. The molecule has 2 aromatic carbocycles. The smallest absolute Gasteiger partial charge is 0.255 e. The molecule has 5 nitrogen and oxygen atoms in total. The monoisotopic (exact) mass is 344 g/mol. The Hall–Kier alpha value is -2.47. The Morgan fingerprint density at radius 2 is 1.79 bits per heavy atom. The summed E-state index contributed by atoms with van der Waals surface area (Å²) < 4.78 is 5.25. The van der Waals surface area contributed by atoms with Crippen LogP contribution in [0, 0.1) is 0 Å². The van der Waals surface area contributed by atoms with Crippen LogP contribution >= 0.6 is 11.8 Å². The number of nitrogens with one attached hydrogen (secondary N) is 2. The lowest BCUT2D eigenvalue weighted by Crippen LogP contribution is -2.12. The predicted molar refractivity (Wildman–Crippen MR) is 98.9 cm³/mol. The van der Waals surface area contributed by atoms with E-state index >= 15 is 0 Å². The van der Waals surface area contributed by atoms with Crippen LogP contribution in [0.3, 0.4) is 0 Å². The first kappa shape index (κ1) is 17.9. The molecule has 2 aromatic rings. The lowest BCUT2D eigenvalue weighted by molar-refractivity contribution is -0.114. The zero-order valence-electron chi connectivity index (χ0n) is 13.9. The lowest BCUT2D eigenvalue weighted by Gasteiger charge is -2.12. The minimum atomic E-state index is -0.194. The number of rotatable bonds is 6. The van der Waals surface area contributed by atoms with E-state index in [1.807, 2.05) is 30.5 Å². The van der Waals surface area contributed by atoms with E-state index in [2.05, 4.69) is 10.6 Å². The number of hydrogen-bond acceptors (Lipinski definition) is 4. The van der Waals surface area contributed by atoms with Crippen LogP contribution in [0.5, 0.6) is 5.75 Å². The molecular formula is C18H20N2O3S. The van der Waals surface area contributed by atoms with E-state index < -0.39 is 0 Å². The summed E-state index contributed by atoms with van der Waals surface area (Å²) in [6.45, 7) is 1.43. The number of thioether (sulfide) groups is 1. The van der Waals surface area contributed by atoms with Crippen molar-refractivity contribution in [1.29, 1.82) is 0 Å². The molecule has 2 amide bonds. The molecule has 0 fully saturated rings. The zero-order valence-corrected chi connectivity index (χ0v) is 14.7. The van der Waals surface area contributed by atoms with Gasteiger partial charge in [0.05, 0.1) is 12.8 Å². The van der Waals surface area contributed by atoms with Crippen LogP contribution in [0.4, 0.5) is 11.4 Å². The molecule has 0 radical (unpaired) electrons. The summed E-state index contributed by atoms with van der Waals surface area (Å²) in [7, 11) is 1.51. The minimum Gasteiger partial charge on any atom is -0.494 e. The number of hydrogen-bond donors (Lipinski definition) is 2. The Balaban J connectivity index is 2.12. The van der Waals surface area contributed by atoms with E-state index in [4.69, 9.17) is 4.74 Å². The van der Waals surface area contributed by atoms with Crippen molar-refractivity contribution in [3.63, 3.8) is 0 Å². The van der Waals surface area contributed by atoms with Crippen LogP contribution in [0.1, 0.15) is 22.8 Å². The van der Waals surface area contributed by atoms with Gasteiger partial charge in [-0.1, -0.05) is 12.1 Å². The van der Waals surface area contributed by atoms with Crippen molar-refractivity contribution in [2.24, 2.45) is 0 Å². The molecule has 0 saturated heterocycles. The summed E-state index contributed by atoms with van der Waals surface area (Å²) in [5, 5.41) is 5.50. The Bertz CT molecular complexity index is 730. The molecule has 0 heterocycles. The average molecular weight is 344 g/mol. The molecule has 0 saturated carbocycles. The van der Waals surface area contributed by atoms with Crippen molar-refractivity contribution < 1.29 is 14.3 Å². The van der Waals surface area contributed by atoms with Crippen LogP contribution in [-0.4, -0.2) is 25.2 Å². The Kier molecular flexibility index (Phi) is 6.26. The molecule has 0 aliphatic heterocycles. The third kappa shape index (κ3) is 4.76. The van der Waals surface area contributed by atoms with Gasteiger partial charge in [-0.2, -0.15) is 11.8 Å². The Morgan fingerprint density at radius 1 is 1.08 bits per heavy atom. The van der Waals surface area contributed by atoms with Crippen molar-refractivity contribution in [1.82, 2.24) is 0 Å². The number of carbonyl (C=O) groups is 2. The van der Waals surface area contributed by atoms with Crippen molar-refractivity contribution >= 4 is 35.0 Å². The molecule has 2 rings (SSSR count). The van der Waals surface area contributed by atoms with Gasteiger partial charge in [0.25, 0.3) is 5.91 Å². The number of carbonyl (C=O) groups excluding carboxylic acids is 2. The van der Waals surface area contributed by atoms with E-state index in [9.17, 15) is 9.59 Å². The highest BCUT2D eigenvalue weighted by Crippen LogP contribution is 2.28. The largest absolute Gasteiger partial charge is 0.494 e. The molecule has 6 heteroatoms.